The summed E-state index contributed by atoms with van der Waals surface area (Å²) in [6.45, 7) is -0.317. The summed E-state index contributed by atoms with van der Waals surface area (Å²) in [5, 5.41) is 16.8. The predicted octanol–water partition coefficient (Wildman–Crippen LogP) is 4.26. The monoisotopic (exact) mass is 496 g/mol. The Kier molecular flexibility index (Phi) is 6.95. The lowest BCUT2D eigenvalue weighted by Crippen LogP contribution is -2.20. The second-order valence-electron chi connectivity index (χ2n) is 7.50. The Hall–Kier alpha value is -4.74. The van der Waals surface area contributed by atoms with Crippen LogP contribution in [-0.2, 0) is 17.5 Å². The van der Waals surface area contributed by atoms with E-state index in [1.54, 1.807) is 48.5 Å². The van der Waals surface area contributed by atoms with Crippen LogP contribution in [0.1, 0.15) is 15.9 Å². The Morgan fingerprint density at radius 2 is 1.72 bits per heavy atom. The quantitative estimate of drug-likeness (QED) is 0.396. The van der Waals surface area contributed by atoms with Gasteiger partial charge in [-0.25, -0.2) is 0 Å². The zero-order valence-corrected chi connectivity index (χ0v) is 18.8. The molecule has 1 aromatic heterocycles. The standard InChI is InChI=1S/C24H19F3N6O3/c1-36-20-8-3-2-7-19(20)29-23(35)15-9-11-18(12-10-15)28-21(34)14-33-31-22(30-32-33)16-5-4-6-17(13-16)24(25,26)27/h2-13H,14H2,1H3,(H,28,34)(H,29,35). The summed E-state index contributed by atoms with van der Waals surface area (Å²) in [7, 11) is 1.50. The molecule has 0 bridgehead atoms. The number of alkyl halides is 3. The van der Waals surface area contributed by atoms with Gasteiger partial charge in [-0.2, -0.15) is 18.0 Å². The SMILES string of the molecule is COc1ccccc1NC(=O)c1ccc(NC(=O)Cn2nnc(-c3cccc(C(F)(F)F)c3)n2)cc1. The molecule has 0 aliphatic heterocycles. The summed E-state index contributed by atoms with van der Waals surface area (Å²) in [6.07, 6.45) is -4.50. The fourth-order valence-corrected chi connectivity index (χ4v) is 3.24. The van der Waals surface area contributed by atoms with E-state index >= 15 is 0 Å². The first-order chi connectivity index (χ1) is 17.2. The second kappa shape index (κ2) is 10.3. The smallest absolute Gasteiger partial charge is 0.416 e. The summed E-state index contributed by atoms with van der Waals surface area (Å²) < 4.78 is 44.0. The molecule has 36 heavy (non-hydrogen) atoms. The van der Waals surface area contributed by atoms with E-state index in [0.29, 0.717) is 22.7 Å². The van der Waals surface area contributed by atoms with Crippen molar-refractivity contribution >= 4 is 23.2 Å². The van der Waals surface area contributed by atoms with Crippen molar-refractivity contribution in [1.82, 2.24) is 20.2 Å². The number of carbonyl (C=O) groups is 2. The maximum absolute atomic E-state index is 12.9. The highest BCUT2D eigenvalue weighted by Gasteiger charge is 2.30. The minimum atomic E-state index is -4.50. The summed E-state index contributed by atoms with van der Waals surface area (Å²) >= 11 is 0. The molecule has 0 atom stereocenters. The molecule has 0 saturated carbocycles. The third-order valence-electron chi connectivity index (χ3n) is 4.97. The number of anilines is 2. The van der Waals surface area contributed by atoms with E-state index in [1.807, 2.05) is 0 Å². The highest BCUT2D eigenvalue weighted by atomic mass is 19.4. The molecule has 184 valence electrons. The van der Waals surface area contributed by atoms with Gasteiger partial charge in [-0.3, -0.25) is 9.59 Å². The van der Waals surface area contributed by atoms with Crippen molar-refractivity contribution < 1.29 is 27.5 Å². The van der Waals surface area contributed by atoms with Gasteiger partial charge in [-0.15, -0.1) is 10.2 Å². The molecule has 0 aliphatic carbocycles. The Morgan fingerprint density at radius 1 is 0.972 bits per heavy atom. The lowest BCUT2D eigenvalue weighted by atomic mass is 10.1. The van der Waals surface area contributed by atoms with Crippen LogP contribution in [0.15, 0.2) is 72.8 Å². The Balaban J connectivity index is 1.36. The van der Waals surface area contributed by atoms with Crippen LogP contribution in [0.4, 0.5) is 24.5 Å². The van der Waals surface area contributed by atoms with Gasteiger partial charge in [-0.1, -0.05) is 24.3 Å². The van der Waals surface area contributed by atoms with Crippen LogP contribution >= 0.6 is 0 Å². The number of para-hydroxylation sites is 2. The van der Waals surface area contributed by atoms with Gasteiger partial charge in [0.1, 0.15) is 12.3 Å². The number of benzene rings is 3. The van der Waals surface area contributed by atoms with E-state index in [-0.39, 0.29) is 23.8 Å². The average Bonchev–Trinajstić information content (AvgIpc) is 3.32. The number of hydrogen-bond acceptors (Lipinski definition) is 6. The van der Waals surface area contributed by atoms with Crippen molar-refractivity contribution in [2.45, 2.75) is 12.7 Å². The first kappa shape index (κ1) is 24.4. The number of ether oxygens (including phenoxy) is 1. The molecule has 0 spiro atoms. The van der Waals surface area contributed by atoms with Gasteiger partial charge >= 0.3 is 6.18 Å². The summed E-state index contributed by atoms with van der Waals surface area (Å²) in [4.78, 5) is 25.8. The number of nitrogens with one attached hydrogen (secondary N) is 2. The van der Waals surface area contributed by atoms with E-state index in [9.17, 15) is 22.8 Å². The summed E-state index contributed by atoms with van der Waals surface area (Å²) in [5.41, 5.74) is 0.592. The average molecular weight is 496 g/mol. The lowest BCUT2D eigenvalue weighted by molar-refractivity contribution is -0.137. The lowest BCUT2D eigenvalue weighted by Gasteiger charge is -2.10. The molecule has 2 amide bonds. The van der Waals surface area contributed by atoms with Crippen molar-refractivity contribution in [2.24, 2.45) is 0 Å². The van der Waals surface area contributed by atoms with E-state index in [4.69, 9.17) is 4.74 Å². The molecule has 3 aromatic carbocycles. The predicted molar refractivity (Wildman–Crippen MR) is 124 cm³/mol. The second-order valence-corrected chi connectivity index (χ2v) is 7.50. The van der Waals surface area contributed by atoms with Crippen LogP contribution in [0.2, 0.25) is 0 Å². The number of nitrogens with zero attached hydrogens (tertiary/aromatic N) is 4. The van der Waals surface area contributed by atoms with Crippen LogP contribution in [0.25, 0.3) is 11.4 Å². The molecule has 0 radical (unpaired) electrons. The zero-order chi connectivity index (χ0) is 25.7. The van der Waals surface area contributed by atoms with Gasteiger partial charge in [0.05, 0.1) is 18.4 Å². The molecule has 9 nitrogen and oxygen atoms in total. The third-order valence-corrected chi connectivity index (χ3v) is 4.97. The maximum Gasteiger partial charge on any atom is 0.416 e. The number of amides is 2. The van der Waals surface area contributed by atoms with Crippen LogP contribution < -0.4 is 15.4 Å². The van der Waals surface area contributed by atoms with Gasteiger partial charge in [-0.05, 0) is 53.7 Å². The number of tetrazole rings is 1. The molecule has 0 saturated heterocycles. The molecule has 4 rings (SSSR count). The summed E-state index contributed by atoms with van der Waals surface area (Å²) in [6, 6.07) is 17.7. The minimum absolute atomic E-state index is 0.0423. The largest absolute Gasteiger partial charge is 0.495 e. The molecule has 4 aromatic rings. The molecule has 1 heterocycles. The van der Waals surface area contributed by atoms with E-state index in [2.05, 4.69) is 26.0 Å². The fraction of sp³-hybridized carbons (Fsp3) is 0.125. The molecular formula is C24H19F3N6O3. The van der Waals surface area contributed by atoms with Crippen LogP contribution in [-0.4, -0.2) is 39.1 Å². The minimum Gasteiger partial charge on any atom is -0.495 e. The van der Waals surface area contributed by atoms with Gasteiger partial charge in [0.15, 0.2) is 0 Å². The Bertz CT molecular complexity index is 1390. The number of rotatable bonds is 7. The van der Waals surface area contributed by atoms with Crippen LogP contribution in [0, 0.1) is 0 Å². The molecule has 0 fully saturated rings. The fourth-order valence-electron chi connectivity index (χ4n) is 3.24. The number of aromatic nitrogens is 4. The summed E-state index contributed by atoms with van der Waals surface area (Å²) in [5.74, 6) is -0.368. The van der Waals surface area contributed by atoms with Gasteiger partial charge in [0.2, 0.25) is 11.7 Å². The first-order valence-electron chi connectivity index (χ1n) is 10.5. The molecule has 0 unspecified atom stereocenters. The Morgan fingerprint density at radius 3 is 2.44 bits per heavy atom. The highest BCUT2D eigenvalue weighted by Crippen LogP contribution is 2.31. The number of hydrogen-bond donors (Lipinski definition) is 2. The van der Waals surface area contributed by atoms with Crippen LogP contribution in [0.5, 0.6) is 5.75 Å². The molecule has 12 heteroatoms. The molecular weight excluding hydrogens is 477 g/mol. The number of methoxy groups -OCH3 is 1. The van der Waals surface area contributed by atoms with Gasteiger partial charge in [0.25, 0.3) is 5.91 Å². The van der Waals surface area contributed by atoms with E-state index in [1.165, 1.54) is 19.2 Å². The maximum atomic E-state index is 12.9. The van der Waals surface area contributed by atoms with Crippen molar-refractivity contribution in [1.29, 1.82) is 0 Å². The topological polar surface area (TPSA) is 111 Å². The van der Waals surface area contributed by atoms with E-state index < -0.39 is 17.6 Å². The van der Waals surface area contributed by atoms with Crippen molar-refractivity contribution in [3.8, 4) is 17.1 Å². The first-order valence-corrected chi connectivity index (χ1v) is 10.5. The molecule has 2 N–H and O–H groups in total. The zero-order valence-electron chi connectivity index (χ0n) is 18.8. The van der Waals surface area contributed by atoms with Gasteiger partial charge in [0, 0.05) is 16.8 Å². The van der Waals surface area contributed by atoms with Crippen LogP contribution in [0.3, 0.4) is 0 Å². The van der Waals surface area contributed by atoms with Crippen molar-refractivity contribution in [2.75, 3.05) is 17.7 Å². The number of halogens is 3. The van der Waals surface area contributed by atoms with E-state index in [0.717, 1.165) is 16.9 Å². The van der Waals surface area contributed by atoms with Crippen molar-refractivity contribution in [3.05, 3.63) is 83.9 Å². The highest BCUT2D eigenvalue weighted by molar-refractivity contribution is 6.05. The third kappa shape index (κ3) is 5.84. The molecule has 0 aliphatic rings. The van der Waals surface area contributed by atoms with Crippen molar-refractivity contribution in [3.63, 3.8) is 0 Å². The number of carbonyl (C=O) groups excluding carboxylic acids is 2. The Labute approximate surface area is 202 Å². The normalized spacial score (nSPS) is 11.1. The van der Waals surface area contributed by atoms with Gasteiger partial charge < -0.3 is 15.4 Å².